The molecule has 3 rings (SSSR count). The number of rotatable bonds is 1. The van der Waals surface area contributed by atoms with E-state index in [1.165, 1.54) is 5.39 Å². The maximum Gasteiger partial charge on any atom is 0.0736 e. The summed E-state index contributed by atoms with van der Waals surface area (Å²) in [5.74, 6) is 0. The Bertz CT molecular complexity index is 584. The van der Waals surface area contributed by atoms with Gasteiger partial charge in [0.1, 0.15) is 0 Å². The summed E-state index contributed by atoms with van der Waals surface area (Å²) < 4.78 is 2.07. The minimum Gasteiger partial charge on any atom is -0.315 e. The molecule has 0 amide bonds. The molecular formula is C12H8N3. The molecule has 15 heavy (non-hydrogen) atoms. The molecule has 71 valence electrons. The van der Waals surface area contributed by atoms with Crippen LogP contribution in [0.3, 0.4) is 0 Å². The van der Waals surface area contributed by atoms with E-state index in [-0.39, 0.29) is 0 Å². The summed E-state index contributed by atoms with van der Waals surface area (Å²) in [7, 11) is 0. The predicted octanol–water partition coefficient (Wildman–Crippen LogP) is 2.22. The normalized spacial score (nSPS) is 10.7. The number of nitrogens with zero attached hydrogens (tertiary/aromatic N) is 3. The second kappa shape index (κ2) is 3.20. The summed E-state index contributed by atoms with van der Waals surface area (Å²) in [6.45, 7) is 0. The maximum absolute atomic E-state index is 3.87. The molecule has 0 spiro atoms. The van der Waals surface area contributed by atoms with Crippen molar-refractivity contribution in [2.45, 2.75) is 0 Å². The van der Waals surface area contributed by atoms with E-state index in [1.807, 2.05) is 30.5 Å². The lowest BCUT2D eigenvalue weighted by Gasteiger charge is -2.02. The fourth-order valence-electron chi connectivity index (χ4n) is 1.67. The van der Waals surface area contributed by atoms with Crippen LogP contribution in [0.15, 0.2) is 48.9 Å². The molecule has 0 aliphatic heterocycles. The van der Waals surface area contributed by atoms with E-state index in [4.69, 9.17) is 0 Å². The Morgan fingerprint density at radius 1 is 1.13 bits per heavy atom. The predicted molar refractivity (Wildman–Crippen MR) is 57.7 cm³/mol. The minimum absolute atomic E-state index is 1.01. The number of aromatic nitrogens is 3. The lowest BCUT2D eigenvalue weighted by atomic mass is 10.2. The number of benzene rings is 1. The first kappa shape index (κ1) is 8.17. The number of hydrogen-bond acceptors (Lipinski definition) is 2. The van der Waals surface area contributed by atoms with E-state index >= 15 is 0 Å². The molecule has 2 aromatic heterocycles. The molecule has 0 aliphatic rings. The largest absolute Gasteiger partial charge is 0.315 e. The van der Waals surface area contributed by atoms with Gasteiger partial charge in [0.05, 0.1) is 23.6 Å². The van der Waals surface area contributed by atoms with Crippen LogP contribution >= 0.6 is 0 Å². The summed E-state index contributed by atoms with van der Waals surface area (Å²) in [5, 5.41) is 8.83. The molecule has 0 atom stereocenters. The van der Waals surface area contributed by atoms with Crippen LogP contribution in [0.2, 0.25) is 0 Å². The second-order valence-corrected chi connectivity index (χ2v) is 3.27. The van der Waals surface area contributed by atoms with Crippen molar-refractivity contribution >= 4 is 10.9 Å². The third-order valence-electron chi connectivity index (χ3n) is 2.38. The molecule has 0 saturated carbocycles. The van der Waals surface area contributed by atoms with Crippen LogP contribution in [0.25, 0.3) is 16.6 Å². The Labute approximate surface area is 87.0 Å². The maximum atomic E-state index is 3.87. The monoisotopic (exact) mass is 194 g/mol. The van der Waals surface area contributed by atoms with Gasteiger partial charge in [0, 0.05) is 6.20 Å². The van der Waals surface area contributed by atoms with Gasteiger partial charge in [-0.2, -0.15) is 10.2 Å². The van der Waals surface area contributed by atoms with Crippen molar-refractivity contribution < 1.29 is 0 Å². The molecule has 0 saturated heterocycles. The first-order chi connectivity index (χ1) is 7.45. The van der Waals surface area contributed by atoms with Crippen LogP contribution < -0.4 is 0 Å². The van der Waals surface area contributed by atoms with Gasteiger partial charge in [-0.15, -0.1) is 0 Å². The Hall–Kier alpha value is -2.16. The van der Waals surface area contributed by atoms with Crippen molar-refractivity contribution in [1.29, 1.82) is 0 Å². The van der Waals surface area contributed by atoms with Crippen molar-refractivity contribution in [3.63, 3.8) is 0 Å². The zero-order valence-electron chi connectivity index (χ0n) is 7.96. The topological polar surface area (TPSA) is 30.7 Å². The van der Waals surface area contributed by atoms with E-state index in [0.717, 1.165) is 11.2 Å². The molecule has 3 nitrogen and oxygen atoms in total. The summed E-state index contributed by atoms with van der Waals surface area (Å²) in [4.78, 5) is 0. The van der Waals surface area contributed by atoms with E-state index in [9.17, 15) is 0 Å². The molecule has 0 bridgehead atoms. The second-order valence-electron chi connectivity index (χ2n) is 3.27. The Morgan fingerprint density at radius 3 is 3.00 bits per heavy atom. The van der Waals surface area contributed by atoms with E-state index < -0.39 is 0 Å². The van der Waals surface area contributed by atoms with Gasteiger partial charge < -0.3 is 4.57 Å². The molecule has 0 aliphatic carbocycles. The molecular weight excluding hydrogens is 186 g/mol. The molecule has 2 heterocycles. The van der Waals surface area contributed by atoms with Crippen LogP contribution in [0.5, 0.6) is 0 Å². The lowest BCUT2D eigenvalue weighted by molar-refractivity contribution is 0.990. The average Bonchev–Trinajstić information content (AvgIpc) is 2.74. The molecule has 3 heteroatoms. The van der Waals surface area contributed by atoms with Gasteiger partial charge in [0.15, 0.2) is 0 Å². The fourth-order valence-corrected chi connectivity index (χ4v) is 1.67. The first-order valence-electron chi connectivity index (χ1n) is 4.69. The van der Waals surface area contributed by atoms with Crippen LogP contribution in [0.1, 0.15) is 0 Å². The van der Waals surface area contributed by atoms with Gasteiger partial charge in [0.2, 0.25) is 0 Å². The van der Waals surface area contributed by atoms with Crippen LogP contribution in [0.4, 0.5) is 0 Å². The average molecular weight is 194 g/mol. The Morgan fingerprint density at radius 2 is 2.13 bits per heavy atom. The van der Waals surface area contributed by atoms with E-state index in [1.54, 1.807) is 12.4 Å². The standard InChI is InChI=1S/C12H8N3/c1-2-4-12-10(3-1)6-8-15(12)11-5-7-13-14-9-11/h1,3-9H. The Balaban J connectivity index is 2.28. The van der Waals surface area contributed by atoms with Gasteiger partial charge in [-0.1, -0.05) is 12.1 Å². The van der Waals surface area contributed by atoms with Gasteiger partial charge in [-0.25, -0.2) is 0 Å². The van der Waals surface area contributed by atoms with Crippen LogP contribution in [-0.2, 0) is 0 Å². The summed E-state index contributed by atoms with van der Waals surface area (Å²) in [6.07, 6.45) is 5.45. The number of hydrogen-bond donors (Lipinski definition) is 0. The van der Waals surface area contributed by atoms with Crippen molar-refractivity contribution in [2.24, 2.45) is 0 Å². The van der Waals surface area contributed by atoms with Gasteiger partial charge in [-0.05, 0) is 29.7 Å². The molecule has 0 N–H and O–H groups in total. The smallest absolute Gasteiger partial charge is 0.0736 e. The molecule has 1 aromatic carbocycles. The van der Waals surface area contributed by atoms with Gasteiger partial charge in [0.25, 0.3) is 0 Å². The Kier molecular flexibility index (Phi) is 1.75. The lowest BCUT2D eigenvalue weighted by Crippen LogP contribution is -1.92. The van der Waals surface area contributed by atoms with E-state index in [0.29, 0.717) is 0 Å². The van der Waals surface area contributed by atoms with Gasteiger partial charge >= 0.3 is 0 Å². The van der Waals surface area contributed by atoms with E-state index in [2.05, 4.69) is 26.9 Å². The molecule has 1 radical (unpaired) electrons. The highest BCUT2D eigenvalue weighted by Gasteiger charge is 2.01. The highest BCUT2D eigenvalue weighted by Crippen LogP contribution is 2.18. The third kappa shape index (κ3) is 1.29. The molecule has 0 unspecified atom stereocenters. The summed E-state index contributed by atoms with van der Waals surface area (Å²) in [5.41, 5.74) is 2.14. The summed E-state index contributed by atoms with van der Waals surface area (Å²) >= 11 is 0. The van der Waals surface area contributed by atoms with Crippen molar-refractivity contribution in [3.05, 3.63) is 55.0 Å². The minimum atomic E-state index is 1.01. The number of fused-ring (bicyclic) bond motifs is 1. The highest BCUT2D eigenvalue weighted by atomic mass is 15.1. The first-order valence-corrected chi connectivity index (χ1v) is 4.69. The SMILES string of the molecule is [c]1ccc2ccn(-c3ccnnc3)c2c1. The van der Waals surface area contributed by atoms with Gasteiger partial charge in [-0.3, -0.25) is 0 Å². The molecule has 3 aromatic rings. The third-order valence-corrected chi connectivity index (χ3v) is 2.38. The van der Waals surface area contributed by atoms with Crippen LogP contribution in [0, 0.1) is 6.07 Å². The zero-order valence-corrected chi connectivity index (χ0v) is 7.96. The zero-order chi connectivity index (χ0) is 10.1. The molecule has 0 fully saturated rings. The van der Waals surface area contributed by atoms with Crippen LogP contribution in [-0.4, -0.2) is 14.8 Å². The quantitative estimate of drug-likeness (QED) is 0.594. The fraction of sp³-hybridized carbons (Fsp3) is 0. The van der Waals surface area contributed by atoms with Crippen molar-refractivity contribution in [2.75, 3.05) is 0 Å². The van der Waals surface area contributed by atoms with Crippen molar-refractivity contribution in [1.82, 2.24) is 14.8 Å². The highest BCUT2D eigenvalue weighted by molar-refractivity contribution is 5.81. The summed E-state index contributed by atoms with van der Waals surface area (Å²) in [6, 6.07) is 13.0. The van der Waals surface area contributed by atoms with Crippen molar-refractivity contribution in [3.8, 4) is 5.69 Å².